The number of morpholine rings is 1. The summed E-state index contributed by atoms with van der Waals surface area (Å²) in [6.07, 6.45) is 4.05. The molecule has 1 N–H and O–H groups in total. The van der Waals surface area contributed by atoms with Crippen molar-refractivity contribution in [2.45, 2.75) is 69.6 Å². The van der Waals surface area contributed by atoms with Gasteiger partial charge in [0.1, 0.15) is 4.90 Å². The molecule has 3 atom stereocenters. The fourth-order valence-electron chi connectivity index (χ4n) is 4.31. The van der Waals surface area contributed by atoms with Crippen molar-refractivity contribution in [3.8, 4) is 0 Å². The summed E-state index contributed by atoms with van der Waals surface area (Å²) in [7, 11) is -3.73. The normalized spacial score (nSPS) is 25.0. The topological polar surface area (TPSA) is 79.0 Å². The molecule has 2 aliphatic rings. The number of ether oxygens (including phenoxy) is 1. The molecule has 31 heavy (non-hydrogen) atoms. The van der Waals surface area contributed by atoms with Gasteiger partial charge in [-0.2, -0.15) is 4.31 Å². The van der Waals surface area contributed by atoms with Gasteiger partial charge in [0.2, 0.25) is 10.0 Å². The maximum Gasteiger partial charge on any atom is 0.251 e. The summed E-state index contributed by atoms with van der Waals surface area (Å²) in [5.41, 5.74) is 0.300. The summed E-state index contributed by atoms with van der Waals surface area (Å²) in [6, 6.07) is 4.62. The molecule has 7 nitrogen and oxygen atoms in total. The summed E-state index contributed by atoms with van der Waals surface area (Å²) in [4.78, 5) is 15.1. The van der Waals surface area contributed by atoms with Gasteiger partial charge >= 0.3 is 0 Å². The van der Waals surface area contributed by atoms with Crippen LogP contribution in [-0.2, 0) is 14.8 Å². The molecule has 0 spiro atoms. The molecule has 9 heteroatoms. The molecule has 1 aromatic rings. The van der Waals surface area contributed by atoms with E-state index in [0.29, 0.717) is 25.2 Å². The van der Waals surface area contributed by atoms with E-state index in [0.717, 1.165) is 38.8 Å². The van der Waals surface area contributed by atoms with Crippen LogP contribution in [-0.4, -0.2) is 74.5 Å². The molecule has 2 fully saturated rings. The van der Waals surface area contributed by atoms with Gasteiger partial charge in [-0.3, -0.25) is 9.69 Å². The summed E-state index contributed by atoms with van der Waals surface area (Å²) in [5, 5.41) is 3.08. The Kier molecular flexibility index (Phi) is 8.37. The number of benzene rings is 1. The molecule has 0 aromatic heterocycles. The Labute approximate surface area is 191 Å². The Morgan fingerprint density at radius 1 is 1.16 bits per heavy atom. The van der Waals surface area contributed by atoms with Crippen molar-refractivity contribution < 1.29 is 17.9 Å². The predicted molar refractivity (Wildman–Crippen MR) is 122 cm³/mol. The highest BCUT2D eigenvalue weighted by Gasteiger charge is 2.29. The van der Waals surface area contributed by atoms with Crippen LogP contribution in [0.25, 0.3) is 0 Å². The average Bonchev–Trinajstić information content (AvgIpc) is 3.01. The highest BCUT2D eigenvalue weighted by Crippen LogP contribution is 2.27. The van der Waals surface area contributed by atoms with Gasteiger partial charge in [0.25, 0.3) is 5.91 Å². The smallest absolute Gasteiger partial charge is 0.251 e. The second-order valence-corrected chi connectivity index (χ2v) is 11.0. The van der Waals surface area contributed by atoms with Crippen LogP contribution in [0.15, 0.2) is 23.1 Å². The standard InChI is InChI=1S/C22H34ClN3O4S/c1-16(25-14-17(2)30-18(3)15-25)13-24-22(27)19-8-9-20(23)21(12-19)31(28,29)26-10-6-4-5-7-11-26/h8-9,12,16-18H,4-7,10-11,13-15H2,1-3H3,(H,24,27). The lowest BCUT2D eigenvalue weighted by Crippen LogP contribution is -2.52. The third-order valence-electron chi connectivity index (χ3n) is 6.01. The fourth-order valence-corrected chi connectivity index (χ4v) is 6.33. The number of amides is 1. The second-order valence-electron chi connectivity index (χ2n) is 8.73. The maximum absolute atomic E-state index is 13.2. The Bertz CT molecular complexity index is 862. The van der Waals surface area contributed by atoms with E-state index in [2.05, 4.69) is 17.1 Å². The van der Waals surface area contributed by atoms with Gasteiger partial charge in [0.15, 0.2) is 0 Å². The predicted octanol–water partition coefficient (Wildman–Crippen LogP) is 3.13. The third kappa shape index (κ3) is 6.20. The summed E-state index contributed by atoms with van der Waals surface area (Å²) >= 11 is 6.25. The van der Waals surface area contributed by atoms with Crippen molar-refractivity contribution >= 4 is 27.5 Å². The van der Waals surface area contributed by atoms with E-state index >= 15 is 0 Å². The molecule has 0 aliphatic carbocycles. The number of rotatable bonds is 6. The molecular formula is C22H34ClN3O4S. The van der Waals surface area contributed by atoms with Gasteiger partial charge in [-0.25, -0.2) is 8.42 Å². The minimum atomic E-state index is -3.73. The quantitative estimate of drug-likeness (QED) is 0.689. The van der Waals surface area contributed by atoms with Gasteiger partial charge < -0.3 is 10.1 Å². The number of hydrogen-bond donors (Lipinski definition) is 1. The van der Waals surface area contributed by atoms with Crippen molar-refractivity contribution in [2.75, 3.05) is 32.7 Å². The fraction of sp³-hybridized carbons (Fsp3) is 0.682. The van der Waals surface area contributed by atoms with Crippen LogP contribution in [0.1, 0.15) is 56.8 Å². The van der Waals surface area contributed by atoms with Crippen LogP contribution in [0, 0.1) is 0 Å². The van der Waals surface area contributed by atoms with Gasteiger partial charge in [-0.15, -0.1) is 0 Å². The largest absolute Gasteiger partial charge is 0.373 e. The van der Waals surface area contributed by atoms with Crippen molar-refractivity contribution in [3.05, 3.63) is 28.8 Å². The maximum atomic E-state index is 13.2. The molecule has 1 amide bonds. The first kappa shape index (κ1) is 24.5. The Morgan fingerprint density at radius 3 is 2.39 bits per heavy atom. The van der Waals surface area contributed by atoms with Crippen molar-refractivity contribution in [1.29, 1.82) is 0 Å². The van der Waals surface area contributed by atoms with Crippen LogP contribution in [0.3, 0.4) is 0 Å². The van der Waals surface area contributed by atoms with Gasteiger partial charge in [-0.1, -0.05) is 24.4 Å². The number of nitrogens with one attached hydrogen (secondary N) is 1. The SMILES string of the molecule is CC1CN(C(C)CNC(=O)c2ccc(Cl)c(S(=O)(=O)N3CCCCCC3)c2)CC(C)O1. The van der Waals surface area contributed by atoms with E-state index in [1.165, 1.54) is 16.4 Å². The zero-order valence-electron chi connectivity index (χ0n) is 18.6. The first-order valence-corrected chi connectivity index (χ1v) is 13.0. The summed E-state index contributed by atoms with van der Waals surface area (Å²) < 4.78 is 33.6. The molecule has 1 aromatic carbocycles. The van der Waals surface area contributed by atoms with Crippen molar-refractivity contribution in [3.63, 3.8) is 0 Å². The number of hydrogen-bond acceptors (Lipinski definition) is 5. The molecule has 0 saturated carbocycles. The highest BCUT2D eigenvalue weighted by molar-refractivity contribution is 7.89. The summed E-state index contributed by atoms with van der Waals surface area (Å²) in [5.74, 6) is -0.301. The molecule has 3 unspecified atom stereocenters. The first-order chi connectivity index (χ1) is 14.7. The minimum Gasteiger partial charge on any atom is -0.373 e. The zero-order chi connectivity index (χ0) is 22.6. The molecule has 0 bridgehead atoms. The molecule has 2 saturated heterocycles. The van der Waals surface area contributed by atoms with Crippen LogP contribution in [0.5, 0.6) is 0 Å². The van der Waals surface area contributed by atoms with Gasteiger partial charge in [-0.05, 0) is 51.8 Å². The molecule has 0 radical (unpaired) electrons. The lowest BCUT2D eigenvalue weighted by atomic mass is 10.1. The van der Waals surface area contributed by atoms with E-state index < -0.39 is 10.0 Å². The molecule has 174 valence electrons. The van der Waals surface area contributed by atoms with E-state index in [9.17, 15) is 13.2 Å². The van der Waals surface area contributed by atoms with E-state index in [1.54, 1.807) is 6.07 Å². The number of carbonyl (C=O) groups excluding carboxylic acids is 1. The number of carbonyl (C=O) groups is 1. The third-order valence-corrected chi connectivity index (χ3v) is 8.39. The molecule has 3 rings (SSSR count). The zero-order valence-corrected chi connectivity index (χ0v) is 20.2. The summed E-state index contributed by atoms with van der Waals surface area (Å²) in [6.45, 7) is 9.26. The van der Waals surface area contributed by atoms with Gasteiger partial charge in [0.05, 0.1) is 17.2 Å². The molecule has 2 heterocycles. The number of halogens is 1. The Hall–Kier alpha value is -1.19. The monoisotopic (exact) mass is 471 g/mol. The van der Waals surface area contributed by atoms with Crippen LogP contribution >= 0.6 is 11.6 Å². The molecular weight excluding hydrogens is 438 g/mol. The van der Waals surface area contributed by atoms with Gasteiger partial charge in [0, 0.05) is 44.3 Å². The first-order valence-electron chi connectivity index (χ1n) is 11.2. The van der Waals surface area contributed by atoms with Crippen LogP contribution < -0.4 is 5.32 Å². The number of sulfonamides is 1. The Balaban J connectivity index is 1.68. The molecule has 2 aliphatic heterocycles. The van der Waals surface area contributed by atoms with Crippen molar-refractivity contribution in [1.82, 2.24) is 14.5 Å². The number of nitrogens with zero attached hydrogens (tertiary/aromatic N) is 2. The van der Waals surface area contributed by atoms with E-state index in [1.807, 2.05) is 13.8 Å². The Morgan fingerprint density at radius 2 is 1.77 bits per heavy atom. The van der Waals surface area contributed by atoms with Crippen LogP contribution in [0.4, 0.5) is 0 Å². The van der Waals surface area contributed by atoms with Crippen LogP contribution in [0.2, 0.25) is 5.02 Å². The van der Waals surface area contributed by atoms with E-state index in [4.69, 9.17) is 16.3 Å². The average molecular weight is 472 g/mol. The lowest BCUT2D eigenvalue weighted by molar-refractivity contribution is -0.0778. The lowest BCUT2D eigenvalue weighted by Gasteiger charge is -2.39. The highest BCUT2D eigenvalue weighted by atomic mass is 35.5. The van der Waals surface area contributed by atoms with Crippen molar-refractivity contribution in [2.24, 2.45) is 0 Å². The van der Waals surface area contributed by atoms with E-state index in [-0.39, 0.29) is 34.1 Å². The second kappa shape index (κ2) is 10.6. The minimum absolute atomic E-state index is 0.00703.